The van der Waals surface area contributed by atoms with Crippen LogP contribution in [-0.2, 0) is 13.0 Å². The van der Waals surface area contributed by atoms with Crippen molar-refractivity contribution in [1.82, 2.24) is 5.32 Å². The molecule has 0 amide bonds. The Labute approximate surface area is 120 Å². The highest BCUT2D eigenvalue weighted by atomic mass is 16.5. The number of hydrogen-bond donors (Lipinski definition) is 1. The fraction of sp³-hybridized carbons (Fsp3) is 0.333. The van der Waals surface area contributed by atoms with Crippen LogP contribution in [0.1, 0.15) is 35.2 Å². The molecule has 0 saturated heterocycles. The molecule has 2 aromatic rings. The maximum atomic E-state index is 5.54. The summed E-state index contributed by atoms with van der Waals surface area (Å²) >= 11 is 0. The lowest BCUT2D eigenvalue weighted by Crippen LogP contribution is -2.18. The summed E-state index contributed by atoms with van der Waals surface area (Å²) in [7, 11) is 0. The van der Waals surface area contributed by atoms with Crippen molar-refractivity contribution in [2.45, 2.75) is 32.9 Å². The zero-order chi connectivity index (χ0) is 13.9. The van der Waals surface area contributed by atoms with Gasteiger partial charge < -0.3 is 10.1 Å². The van der Waals surface area contributed by atoms with E-state index in [0.717, 1.165) is 25.3 Å². The highest BCUT2D eigenvalue weighted by Gasteiger charge is 2.12. The fourth-order valence-corrected chi connectivity index (χ4v) is 2.68. The first-order chi connectivity index (χ1) is 9.72. The Bertz CT molecular complexity index is 606. The third-order valence-electron chi connectivity index (χ3n) is 3.91. The summed E-state index contributed by atoms with van der Waals surface area (Å²) in [6, 6.07) is 15.6. The van der Waals surface area contributed by atoms with E-state index in [1.54, 1.807) is 0 Å². The van der Waals surface area contributed by atoms with Gasteiger partial charge in [-0.1, -0.05) is 42.0 Å². The normalized spacial score (nSPS) is 14.7. The SMILES string of the molecule is Cc1cccc([C@H](C)NCc2ccc3c(c2)CCO3)c1. The molecule has 2 nitrogen and oxygen atoms in total. The van der Waals surface area contributed by atoms with E-state index in [0.29, 0.717) is 6.04 Å². The smallest absolute Gasteiger partial charge is 0.122 e. The molecule has 1 N–H and O–H groups in total. The van der Waals surface area contributed by atoms with Gasteiger partial charge in [0.05, 0.1) is 6.61 Å². The lowest BCUT2D eigenvalue weighted by Gasteiger charge is -2.15. The summed E-state index contributed by atoms with van der Waals surface area (Å²) in [6.45, 7) is 6.07. The maximum Gasteiger partial charge on any atom is 0.122 e. The van der Waals surface area contributed by atoms with E-state index in [4.69, 9.17) is 4.74 Å². The van der Waals surface area contributed by atoms with Crippen LogP contribution in [0.25, 0.3) is 0 Å². The maximum absolute atomic E-state index is 5.54. The number of fused-ring (bicyclic) bond motifs is 1. The number of nitrogens with one attached hydrogen (secondary N) is 1. The van der Waals surface area contributed by atoms with Crippen LogP contribution in [-0.4, -0.2) is 6.61 Å². The monoisotopic (exact) mass is 267 g/mol. The molecule has 20 heavy (non-hydrogen) atoms. The van der Waals surface area contributed by atoms with Gasteiger partial charge in [-0.3, -0.25) is 0 Å². The number of ether oxygens (including phenoxy) is 1. The van der Waals surface area contributed by atoms with Crippen LogP contribution >= 0.6 is 0 Å². The minimum absolute atomic E-state index is 0.361. The van der Waals surface area contributed by atoms with Crippen molar-refractivity contribution in [1.29, 1.82) is 0 Å². The van der Waals surface area contributed by atoms with E-state index in [2.05, 4.69) is 61.6 Å². The molecule has 2 heteroatoms. The molecule has 1 aliphatic heterocycles. The number of aryl methyl sites for hydroxylation is 1. The van der Waals surface area contributed by atoms with Crippen LogP contribution in [0.4, 0.5) is 0 Å². The molecule has 0 bridgehead atoms. The molecular weight excluding hydrogens is 246 g/mol. The highest BCUT2D eigenvalue weighted by Crippen LogP contribution is 2.26. The zero-order valence-corrected chi connectivity index (χ0v) is 12.1. The van der Waals surface area contributed by atoms with Crippen molar-refractivity contribution in [3.63, 3.8) is 0 Å². The van der Waals surface area contributed by atoms with Crippen LogP contribution in [0, 0.1) is 6.92 Å². The lowest BCUT2D eigenvalue weighted by molar-refractivity contribution is 0.357. The summed E-state index contributed by atoms with van der Waals surface area (Å²) in [4.78, 5) is 0. The van der Waals surface area contributed by atoms with Gasteiger partial charge in [0.15, 0.2) is 0 Å². The molecule has 0 aliphatic carbocycles. The van der Waals surface area contributed by atoms with Gasteiger partial charge in [0, 0.05) is 19.0 Å². The van der Waals surface area contributed by atoms with E-state index < -0.39 is 0 Å². The zero-order valence-electron chi connectivity index (χ0n) is 12.1. The Morgan fingerprint density at radius 2 is 2.10 bits per heavy atom. The third kappa shape index (κ3) is 2.86. The van der Waals surface area contributed by atoms with Crippen molar-refractivity contribution >= 4 is 0 Å². The summed E-state index contributed by atoms with van der Waals surface area (Å²) < 4.78 is 5.54. The molecule has 0 spiro atoms. The Hall–Kier alpha value is -1.80. The highest BCUT2D eigenvalue weighted by molar-refractivity contribution is 5.39. The van der Waals surface area contributed by atoms with Crippen LogP contribution < -0.4 is 10.1 Å². The predicted molar refractivity (Wildman–Crippen MR) is 82.1 cm³/mol. The topological polar surface area (TPSA) is 21.3 Å². The Morgan fingerprint density at radius 3 is 2.95 bits per heavy atom. The third-order valence-corrected chi connectivity index (χ3v) is 3.91. The summed E-state index contributed by atoms with van der Waals surface area (Å²) in [5.41, 5.74) is 5.32. The molecule has 2 aromatic carbocycles. The number of benzene rings is 2. The summed E-state index contributed by atoms with van der Waals surface area (Å²) in [5.74, 6) is 1.06. The molecule has 0 saturated carbocycles. The molecule has 104 valence electrons. The lowest BCUT2D eigenvalue weighted by atomic mass is 10.0. The molecule has 0 radical (unpaired) electrons. The van der Waals surface area contributed by atoms with Crippen LogP contribution in [0.5, 0.6) is 5.75 Å². The number of hydrogen-bond acceptors (Lipinski definition) is 2. The first-order valence-electron chi connectivity index (χ1n) is 7.27. The van der Waals surface area contributed by atoms with Crippen molar-refractivity contribution in [3.8, 4) is 5.75 Å². The fourth-order valence-electron chi connectivity index (χ4n) is 2.68. The van der Waals surface area contributed by atoms with E-state index in [1.165, 1.54) is 22.3 Å². The van der Waals surface area contributed by atoms with Crippen molar-refractivity contribution in [3.05, 3.63) is 64.7 Å². The van der Waals surface area contributed by atoms with Crippen LogP contribution in [0.3, 0.4) is 0 Å². The largest absolute Gasteiger partial charge is 0.493 e. The average molecular weight is 267 g/mol. The van der Waals surface area contributed by atoms with Gasteiger partial charge in [-0.25, -0.2) is 0 Å². The summed E-state index contributed by atoms with van der Waals surface area (Å²) in [6.07, 6.45) is 1.04. The van der Waals surface area contributed by atoms with Gasteiger partial charge in [-0.05, 0) is 36.6 Å². The van der Waals surface area contributed by atoms with Crippen molar-refractivity contribution in [2.24, 2.45) is 0 Å². The Kier molecular flexibility index (Phi) is 3.75. The van der Waals surface area contributed by atoms with Gasteiger partial charge >= 0.3 is 0 Å². The van der Waals surface area contributed by atoms with Crippen molar-refractivity contribution < 1.29 is 4.74 Å². The van der Waals surface area contributed by atoms with E-state index in [9.17, 15) is 0 Å². The molecule has 3 rings (SSSR count). The first kappa shape index (κ1) is 13.2. The van der Waals surface area contributed by atoms with Gasteiger partial charge in [0.25, 0.3) is 0 Å². The van der Waals surface area contributed by atoms with Gasteiger partial charge in [0.1, 0.15) is 5.75 Å². The Balaban J connectivity index is 1.64. The first-order valence-corrected chi connectivity index (χ1v) is 7.27. The summed E-state index contributed by atoms with van der Waals surface area (Å²) in [5, 5.41) is 3.59. The molecule has 1 atom stereocenters. The minimum Gasteiger partial charge on any atom is -0.493 e. The van der Waals surface area contributed by atoms with Gasteiger partial charge in [0.2, 0.25) is 0 Å². The Morgan fingerprint density at radius 1 is 1.20 bits per heavy atom. The molecule has 0 aromatic heterocycles. The molecule has 1 aliphatic rings. The molecule has 1 heterocycles. The van der Waals surface area contributed by atoms with Crippen molar-refractivity contribution in [2.75, 3.05) is 6.61 Å². The molecule has 0 unspecified atom stereocenters. The average Bonchev–Trinajstić information content (AvgIpc) is 2.92. The second kappa shape index (κ2) is 5.68. The number of rotatable bonds is 4. The van der Waals surface area contributed by atoms with Crippen LogP contribution in [0.15, 0.2) is 42.5 Å². The van der Waals surface area contributed by atoms with Gasteiger partial charge in [-0.15, -0.1) is 0 Å². The second-order valence-corrected chi connectivity index (χ2v) is 5.56. The molecule has 0 fully saturated rings. The minimum atomic E-state index is 0.361. The van der Waals surface area contributed by atoms with E-state index in [-0.39, 0.29) is 0 Å². The quantitative estimate of drug-likeness (QED) is 0.910. The van der Waals surface area contributed by atoms with Crippen LogP contribution in [0.2, 0.25) is 0 Å². The standard InChI is InChI=1S/C18H21NO/c1-13-4-3-5-16(10-13)14(2)19-12-15-6-7-18-17(11-15)8-9-20-18/h3-7,10-11,14,19H,8-9,12H2,1-2H3/t14-/m0/s1. The van der Waals surface area contributed by atoms with Gasteiger partial charge in [-0.2, -0.15) is 0 Å². The van der Waals surface area contributed by atoms with E-state index >= 15 is 0 Å². The second-order valence-electron chi connectivity index (χ2n) is 5.56. The predicted octanol–water partition coefficient (Wildman–Crippen LogP) is 3.78. The molecular formula is C18H21NO. The van der Waals surface area contributed by atoms with E-state index in [1.807, 2.05) is 0 Å².